The normalized spacial score (nSPS) is 31.5. The summed E-state index contributed by atoms with van der Waals surface area (Å²) in [6, 6.07) is 0.192. The summed E-state index contributed by atoms with van der Waals surface area (Å²) in [6.45, 7) is 0.830. The van der Waals surface area contributed by atoms with Gasteiger partial charge in [-0.3, -0.25) is 4.55 Å². The molecule has 0 saturated heterocycles. The third kappa shape index (κ3) is 4.37. The summed E-state index contributed by atoms with van der Waals surface area (Å²) in [6.07, 6.45) is 4.04. The van der Waals surface area contributed by atoms with Crippen LogP contribution in [0, 0.1) is 5.92 Å². The molecule has 1 fully saturated rings. The molecule has 0 amide bonds. The predicted octanol–water partition coefficient (Wildman–Crippen LogP) is 1.01. The molecule has 0 radical (unpaired) electrons. The number of hydrogen-bond acceptors (Lipinski definition) is 2. The van der Waals surface area contributed by atoms with Gasteiger partial charge in [-0.15, -0.1) is 0 Å². The van der Waals surface area contributed by atoms with Gasteiger partial charge in [0.05, 0.1) is 0 Å². The van der Waals surface area contributed by atoms with Crippen LogP contribution in [0.15, 0.2) is 0 Å². The fourth-order valence-corrected chi connectivity index (χ4v) is 2.48. The van der Waals surface area contributed by atoms with Crippen molar-refractivity contribution in [3.8, 4) is 0 Å². The molecular formula is C7H15ClN2O2S. The van der Waals surface area contributed by atoms with Gasteiger partial charge in [-0.2, -0.15) is 0 Å². The number of halogens is 1. The van der Waals surface area contributed by atoms with Crippen LogP contribution in [0.1, 0.15) is 25.7 Å². The summed E-state index contributed by atoms with van der Waals surface area (Å²) in [4.78, 5) is 2.64. The van der Waals surface area contributed by atoms with E-state index in [1.54, 1.807) is 0 Å². The third-order valence-corrected chi connectivity index (χ3v) is 3.17. The van der Waals surface area contributed by atoms with E-state index in [0.29, 0.717) is 5.92 Å². The van der Waals surface area contributed by atoms with Crippen molar-refractivity contribution in [1.29, 1.82) is 0 Å². The molecule has 0 heterocycles. The molecule has 78 valence electrons. The molecule has 1 unspecified atom stereocenters. The van der Waals surface area contributed by atoms with E-state index in [4.69, 9.17) is 16.3 Å². The Labute approximate surface area is 86.0 Å². The molecule has 0 aliphatic heterocycles. The van der Waals surface area contributed by atoms with Crippen LogP contribution in [0.3, 0.4) is 0 Å². The SMILES string of the molecule is O=S(O)NC1CCC(CNCl)CC1. The van der Waals surface area contributed by atoms with Crippen molar-refractivity contribution in [2.75, 3.05) is 6.54 Å². The Hall–Kier alpha value is 0.320. The molecule has 1 atom stereocenters. The number of hydrogen-bond donors (Lipinski definition) is 3. The van der Waals surface area contributed by atoms with Crippen molar-refractivity contribution in [2.24, 2.45) is 5.92 Å². The number of rotatable bonds is 4. The van der Waals surface area contributed by atoms with Gasteiger partial charge in [-0.05, 0) is 43.4 Å². The summed E-state index contributed by atoms with van der Waals surface area (Å²) < 4.78 is 21.7. The Kier molecular flexibility index (Phi) is 5.20. The van der Waals surface area contributed by atoms with Crippen molar-refractivity contribution >= 4 is 23.0 Å². The molecule has 0 aromatic carbocycles. The lowest BCUT2D eigenvalue weighted by Gasteiger charge is -2.27. The Morgan fingerprint density at radius 1 is 1.38 bits per heavy atom. The number of nitrogens with one attached hydrogen (secondary N) is 2. The van der Waals surface area contributed by atoms with E-state index in [1.807, 2.05) is 0 Å². The molecule has 1 saturated carbocycles. The highest BCUT2D eigenvalue weighted by atomic mass is 35.5. The second kappa shape index (κ2) is 5.93. The van der Waals surface area contributed by atoms with Gasteiger partial charge in [-0.25, -0.2) is 13.8 Å². The second-order valence-corrected chi connectivity index (χ2v) is 4.42. The van der Waals surface area contributed by atoms with E-state index in [0.717, 1.165) is 32.2 Å². The van der Waals surface area contributed by atoms with Crippen LogP contribution in [0.2, 0.25) is 0 Å². The van der Waals surface area contributed by atoms with Crippen LogP contribution >= 0.6 is 11.8 Å². The van der Waals surface area contributed by atoms with Gasteiger partial charge in [0.25, 0.3) is 0 Å². The maximum absolute atomic E-state index is 10.4. The molecule has 0 spiro atoms. The molecule has 4 nitrogen and oxygen atoms in total. The first-order valence-electron chi connectivity index (χ1n) is 4.43. The van der Waals surface area contributed by atoms with E-state index in [2.05, 4.69) is 9.56 Å². The molecule has 1 rings (SSSR count). The monoisotopic (exact) mass is 226 g/mol. The Balaban J connectivity index is 2.18. The standard InChI is InChI=1S/C7H15ClN2O2S/c8-9-5-6-1-3-7(4-2-6)10-13(11)12/h6-7,9-10H,1-5H2,(H,11,12). The van der Waals surface area contributed by atoms with Crippen LogP contribution in [-0.4, -0.2) is 21.3 Å². The zero-order valence-corrected chi connectivity index (χ0v) is 8.90. The predicted molar refractivity (Wildman–Crippen MR) is 53.5 cm³/mol. The highest BCUT2D eigenvalue weighted by Gasteiger charge is 2.21. The zero-order chi connectivity index (χ0) is 9.68. The summed E-state index contributed by atoms with van der Waals surface area (Å²) in [5.41, 5.74) is 0. The molecule has 1 aliphatic rings. The zero-order valence-electron chi connectivity index (χ0n) is 7.33. The Bertz CT molecular complexity index is 174. The molecule has 1 aliphatic carbocycles. The molecular weight excluding hydrogens is 212 g/mol. The average Bonchev–Trinajstić information content (AvgIpc) is 2.08. The minimum atomic E-state index is -1.87. The lowest BCUT2D eigenvalue weighted by Crippen LogP contribution is -2.35. The van der Waals surface area contributed by atoms with E-state index >= 15 is 0 Å². The van der Waals surface area contributed by atoms with Gasteiger partial charge in [0.15, 0.2) is 0 Å². The minimum Gasteiger partial charge on any atom is -0.294 e. The van der Waals surface area contributed by atoms with Crippen LogP contribution in [0.5, 0.6) is 0 Å². The summed E-state index contributed by atoms with van der Waals surface area (Å²) in [7, 11) is 0. The molecule has 0 aromatic rings. The van der Waals surface area contributed by atoms with E-state index in [1.165, 1.54) is 0 Å². The van der Waals surface area contributed by atoms with Crippen molar-refractivity contribution in [1.82, 2.24) is 9.56 Å². The summed E-state index contributed by atoms with van der Waals surface area (Å²) >= 11 is 3.53. The summed E-state index contributed by atoms with van der Waals surface area (Å²) in [5, 5.41) is 0. The minimum absolute atomic E-state index is 0.192. The lowest BCUT2D eigenvalue weighted by molar-refractivity contribution is 0.313. The van der Waals surface area contributed by atoms with Crippen LogP contribution in [0.4, 0.5) is 0 Å². The van der Waals surface area contributed by atoms with Gasteiger partial charge in [-0.1, -0.05) is 0 Å². The van der Waals surface area contributed by atoms with Crippen molar-refractivity contribution in [2.45, 2.75) is 31.7 Å². The van der Waals surface area contributed by atoms with E-state index in [9.17, 15) is 4.21 Å². The van der Waals surface area contributed by atoms with Gasteiger partial charge in [0.1, 0.15) is 0 Å². The first kappa shape index (κ1) is 11.4. The highest BCUT2D eigenvalue weighted by molar-refractivity contribution is 7.77. The first-order chi connectivity index (χ1) is 6.22. The molecule has 13 heavy (non-hydrogen) atoms. The van der Waals surface area contributed by atoms with Crippen molar-refractivity contribution in [3.05, 3.63) is 0 Å². The Morgan fingerprint density at radius 2 is 2.00 bits per heavy atom. The summed E-state index contributed by atoms with van der Waals surface area (Å²) in [5.74, 6) is 0.614. The van der Waals surface area contributed by atoms with E-state index in [-0.39, 0.29) is 6.04 Å². The fraction of sp³-hybridized carbons (Fsp3) is 1.00. The van der Waals surface area contributed by atoms with Crippen molar-refractivity contribution < 1.29 is 8.76 Å². The van der Waals surface area contributed by atoms with Gasteiger partial charge in [0.2, 0.25) is 11.3 Å². The maximum Gasteiger partial charge on any atom is 0.231 e. The molecule has 0 bridgehead atoms. The van der Waals surface area contributed by atoms with Gasteiger partial charge < -0.3 is 0 Å². The van der Waals surface area contributed by atoms with Gasteiger partial charge >= 0.3 is 0 Å². The lowest BCUT2D eigenvalue weighted by atomic mass is 9.87. The Morgan fingerprint density at radius 3 is 2.46 bits per heavy atom. The fourth-order valence-electron chi connectivity index (χ4n) is 1.74. The first-order valence-corrected chi connectivity index (χ1v) is 5.91. The van der Waals surface area contributed by atoms with E-state index < -0.39 is 11.3 Å². The quantitative estimate of drug-likeness (QED) is 0.496. The maximum atomic E-state index is 10.4. The van der Waals surface area contributed by atoms with Crippen LogP contribution in [-0.2, 0) is 11.3 Å². The smallest absolute Gasteiger partial charge is 0.231 e. The molecule has 0 aromatic heterocycles. The largest absolute Gasteiger partial charge is 0.294 e. The van der Waals surface area contributed by atoms with Gasteiger partial charge in [0, 0.05) is 12.6 Å². The second-order valence-electron chi connectivity index (χ2n) is 3.42. The molecule has 3 N–H and O–H groups in total. The topological polar surface area (TPSA) is 61.4 Å². The van der Waals surface area contributed by atoms with Crippen LogP contribution < -0.4 is 9.56 Å². The third-order valence-electron chi connectivity index (χ3n) is 2.48. The van der Waals surface area contributed by atoms with Crippen molar-refractivity contribution in [3.63, 3.8) is 0 Å². The molecule has 6 heteroatoms. The van der Waals surface area contributed by atoms with Crippen LogP contribution in [0.25, 0.3) is 0 Å². The average molecular weight is 227 g/mol. The highest BCUT2D eigenvalue weighted by Crippen LogP contribution is 2.23.